The molecule has 6 heteroatoms. The predicted octanol–water partition coefficient (Wildman–Crippen LogP) is 1.19. The minimum Gasteiger partial charge on any atom is -0.381 e. The molecular weight excluding hydrogens is 244 g/mol. The first-order valence-corrected chi connectivity index (χ1v) is 6.69. The Labute approximate surface area is 112 Å². The molecule has 0 atom stereocenters. The van der Waals surface area contributed by atoms with E-state index in [2.05, 4.69) is 15.3 Å². The monoisotopic (exact) mass is 262 g/mol. The van der Waals surface area contributed by atoms with E-state index in [1.807, 2.05) is 4.90 Å². The van der Waals surface area contributed by atoms with Crippen LogP contribution in [-0.4, -0.2) is 41.7 Å². The van der Waals surface area contributed by atoms with Crippen molar-refractivity contribution in [2.75, 3.05) is 23.9 Å². The van der Waals surface area contributed by atoms with Gasteiger partial charge in [0.05, 0.1) is 12.6 Å². The maximum atomic E-state index is 12.2. The van der Waals surface area contributed by atoms with Gasteiger partial charge in [0.25, 0.3) is 0 Å². The lowest BCUT2D eigenvalue weighted by atomic mass is 9.91. The summed E-state index contributed by atoms with van der Waals surface area (Å²) in [5.41, 5.74) is 0. The fourth-order valence-corrected chi connectivity index (χ4v) is 2.91. The van der Waals surface area contributed by atoms with Crippen molar-refractivity contribution in [3.63, 3.8) is 0 Å². The van der Waals surface area contributed by atoms with Crippen LogP contribution >= 0.6 is 0 Å². The van der Waals surface area contributed by atoms with Crippen LogP contribution in [0.15, 0.2) is 12.4 Å². The first kappa shape index (κ1) is 12.3. The van der Waals surface area contributed by atoms with Crippen LogP contribution in [0.3, 0.4) is 0 Å². The normalized spacial score (nSPS) is 26.8. The van der Waals surface area contributed by atoms with Crippen LogP contribution in [0.4, 0.5) is 11.6 Å². The number of anilines is 2. The average Bonchev–Trinajstić information content (AvgIpc) is 2.47. The van der Waals surface area contributed by atoms with E-state index in [1.54, 1.807) is 19.5 Å². The van der Waals surface area contributed by atoms with Crippen LogP contribution in [0, 0.1) is 0 Å². The Kier molecular flexibility index (Phi) is 3.33. The fourth-order valence-electron chi connectivity index (χ4n) is 2.91. The van der Waals surface area contributed by atoms with Crippen LogP contribution in [-0.2, 0) is 9.53 Å². The van der Waals surface area contributed by atoms with Gasteiger partial charge in [-0.05, 0) is 25.7 Å². The van der Waals surface area contributed by atoms with E-state index >= 15 is 0 Å². The van der Waals surface area contributed by atoms with E-state index in [-0.39, 0.29) is 11.9 Å². The largest absolute Gasteiger partial charge is 0.381 e. The molecule has 0 bridgehead atoms. The Morgan fingerprint density at radius 1 is 1.26 bits per heavy atom. The van der Waals surface area contributed by atoms with Gasteiger partial charge in [-0.25, -0.2) is 9.97 Å². The van der Waals surface area contributed by atoms with Crippen molar-refractivity contribution >= 4 is 17.5 Å². The standard InChI is InChI=1S/C13H18N4O2/c1-19-10-4-2-9(3-5-10)17-11(18)8-16-12-13(17)15-7-6-14-12/h6-7,9-10H,2-5,8H2,1H3,(H,14,16)/t9-,10-. The molecule has 1 aromatic rings. The molecule has 2 aliphatic rings. The zero-order valence-corrected chi connectivity index (χ0v) is 11.0. The number of carbonyl (C=O) groups is 1. The van der Waals surface area contributed by atoms with Gasteiger partial charge in [-0.2, -0.15) is 0 Å². The first-order valence-electron chi connectivity index (χ1n) is 6.69. The van der Waals surface area contributed by atoms with Crippen LogP contribution in [0.5, 0.6) is 0 Å². The summed E-state index contributed by atoms with van der Waals surface area (Å²) in [4.78, 5) is 22.5. The second-order valence-electron chi connectivity index (χ2n) is 5.01. The van der Waals surface area contributed by atoms with Crippen molar-refractivity contribution < 1.29 is 9.53 Å². The third-order valence-corrected chi connectivity index (χ3v) is 3.93. The van der Waals surface area contributed by atoms with E-state index in [4.69, 9.17) is 4.74 Å². The van der Waals surface area contributed by atoms with Gasteiger partial charge in [-0.1, -0.05) is 0 Å². The fraction of sp³-hybridized carbons (Fsp3) is 0.615. The lowest BCUT2D eigenvalue weighted by Gasteiger charge is -2.38. The van der Waals surface area contributed by atoms with E-state index in [0.717, 1.165) is 25.7 Å². The Balaban J connectivity index is 1.82. The molecule has 0 unspecified atom stereocenters. The molecule has 3 rings (SSSR count). The third-order valence-electron chi connectivity index (χ3n) is 3.93. The number of carbonyl (C=O) groups excluding carboxylic acids is 1. The topological polar surface area (TPSA) is 67.3 Å². The number of nitrogens with zero attached hydrogens (tertiary/aromatic N) is 3. The van der Waals surface area contributed by atoms with Gasteiger partial charge in [-0.15, -0.1) is 0 Å². The Bertz CT molecular complexity index is 471. The average molecular weight is 262 g/mol. The van der Waals surface area contributed by atoms with Crippen molar-refractivity contribution in [3.05, 3.63) is 12.4 Å². The molecule has 0 radical (unpaired) electrons. The molecule has 1 fully saturated rings. The molecule has 1 amide bonds. The number of hydrogen-bond acceptors (Lipinski definition) is 5. The van der Waals surface area contributed by atoms with Crippen molar-refractivity contribution in [2.24, 2.45) is 0 Å². The lowest BCUT2D eigenvalue weighted by molar-refractivity contribution is -0.118. The summed E-state index contributed by atoms with van der Waals surface area (Å²) in [6.45, 7) is 0.301. The summed E-state index contributed by atoms with van der Waals surface area (Å²) in [6.07, 6.45) is 7.51. The number of fused-ring (bicyclic) bond motifs is 1. The number of ether oxygens (including phenoxy) is 1. The van der Waals surface area contributed by atoms with Crippen molar-refractivity contribution in [2.45, 2.75) is 37.8 Å². The molecule has 0 aromatic carbocycles. The number of amides is 1. The number of methoxy groups -OCH3 is 1. The number of hydrogen-bond donors (Lipinski definition) is 1. The molecule has 1 aliphatic heterocycles. The zero-order chi connectivity index (χ0) is 13.2. The molecule has 0 spiro atoms. The van der Waals surface area contributed by atoms with Crippen LogP contribution in [0.1, 0.15) is 25.7 Å². The highest BCUT2D eigenvalue weighted by molar-refractivity contribution is 6.01. The van der Waals surface area contributed by atoms with Gasteiger partial charge < -0.3 is 10.1 Å². The van der Waals surface area contributed by atoms with Crippen molar-refractivity contribution in [1.29, 1.82) is 0 Å². The quantitative estimate of drug-likeness (QED) is 0.867. The maximum absolute atomic E-state index is 12.2. The van der Waals surface area contributed by atoms with E-state index in [1.165, 1.54) is 0 Å². The lowest BCUT2D eigenvalue weighted by Crippen LogP contribution is -2.49. The van der Waals surface area contributed by atoms with Crippen molar-refractivity contribution in [3.8, 4) is 0 Å². The summed E-state index contributed by atoms with van der Waals surface area (Å²) < 4.78 is 5.38. The van der Waals surface area contributed by atoms with Gasteiger partial charge in [0, 0.05) is 25.5 Å². The van der Waals surface area contributed by atoms with Gasteiger partial charge in [-0.3, -0.25) is 9.69 Å². The molecule has 2 heterocycles. The minimum atomic E-state index is 0.0777. The summed E-state index contributed by atoms with van der Waals surface area (Å²) in [5, 5.41) is 3.01. The SMILES string of the molecule is CO[C@H]1CC[C@H](N2C(=O)CNc3nccnc32)CC1. The molecule has 1 saturated carbocycles. The highest BCUT2D eigenvalue weighted by Crippen LogP contribution is 2.32. The summed E-state index contributed by atoms with van der Waals surface area (Å²) >= 11 is 0. The van der Waals surface area contributed by atoms with E-state index < -0.39 is 0 Å². The number of nitrogens with one attached hydrogen (secondary N) is 1. The minimum absolute atomic E-state index is 0.0777. The Morgan fingerprint density at radius 2 is 2.00 bits per heavy atom. The zero-order valence-electron chi connectivity index (χ0n) is 11.0. The van der Waals surface area contributed by atoms with E-state index in [0.29, 0.717) is 24.3 Å². The van der Waals surface area contributed by atoms with Crippen molar-refractivity contribution in [1.82, 2.24) is 9.97 Å². The second-order valence-corrected chi connectivity index (χ2v) is 5.01. The van der Waals surface area contributed by atoms with Crippen LogP contribution < -0.4 is 10.2 Å². The van der Waals surface area contributed by atoms with Gasteiger partial charge in [0.1, 0.15) is 0 Å². The first-order chi connectivity index (χ1) is 9.29. The molecule has 0 saturated heterocycles. The number of rotatable bonds is 2. The third kappa shape index (κ3) is 2.28. The van der Waals surface area contributed by atoms with Crippen LogP contribution in [0.2, 0.25) is 0 Å². The maximum Gasteiger partial charge on any atom is 0.247 e. The molecule has 6 nitrogen and oxygen atoms in total. The van der Waals surface area contributed by atoms with Crippen LogP contribution in [0.25, 0.3) is 0 Å². The highest BCUT2D eigenvalue weighted by Gasteiger charge is 2.34. The summed E-state index contributed by atoms with van der Waals surface area (Å²) in [5.74, 6) is 1.45. The Hall–Kier alpha value is -1.69. The summed E-state index contributed by atoms with van der Waals surface area (Å²) in [6, 6.07) is 0.219. The molecule has 102 valence electrons. The van der Waals surface area contributed by atoms with E-state index in [9.17, 15) is 4.79 Å². The highest BCUT2D eigenvalue weighted by atomic mass is 16.5. The Morgan fingerprint density at radius 3 is 2.74 bits per heavy atom. The van der Waals surface area contributed by atoms with Gasteiger partial charge >= 0.3 is 0 Å². The molecule has 1 aromatic heterocycles. The second kappa shape index (κ2) is 5.13. The predicted molar refractivity (Wildman–Crippen MR) is 71.1 cm³/mol. The van der Waals surface area contributed by atoms with Gasteiger partial charge in [0.2, 0.25) is 5.91 Å². The number of aromatic nitrogens is 2. The molecule has 19 heavy (non-hydrogen) atoms. The molecular formula is C13H18N4O2. The molecule has 1 aliphatic carbocycles. The smallest absolute Gasteiger partial charge is 0.247 e. The summed E-state index contributed by atoms with van der Waals surface area (Å²) in [7, 11) is 1.75. The van der Waals surface area contributed by atoms with Gasteiger partial charge in [0.15, 0.2) is 11.6 Å². The molecule has 1 N–H and O–H groups in total.